The van der Waals surface area contributed by atoms with Gasteiger partial charge >= 0.3 is 11.8 Å². The molecule has 6 heteroatoms. The average Bonchev–Trinajstić information content (AvgIpc) is 3.42. The lowest BCUT2D eigenvalue weighted by Gasteiger charge is -2.30. The van der Waals surface area contributed by atoms with Gasteiger partial charge in [-0.3, -0.25) is 9.59 Å². The predicted molar refractivity (Wildman–Crippen MR) is 122 cm³/mol. The van der Waals surface area contributed by atoms with Crippen molar-refractivity contribution in [2.24, 2.45) is 0 Å². The average molecular weight is 420 g/mol. The molecule has 5 nitrogen and oxygen atoms in total. The number of hydrogen-bond donors (Lipinski definition) is 2. The van der Waals surface area contributed by atoms with E-state index in [-0.39, 0.29) is 6.04 Å². The zero-order valence-electron chi connectivity index (χ0n) is 17.1. The summed E-state index contributed by atoms with van der Waals surface area (Å²) in [5, 5.41) is 7.62. The van der Waals surface area contributed by atoms with E-state index in [1.165, 1.54) is 16.1 Å². The van der Waals surface area contributed by atoms with Crippen LogP contribution in [0.3, 0.4) is 0 Å². The molecule has 30 heavy (non-hydrogen) atoms. The van der Waals surface area contributed by atoms with E-state index >= 15 is 0 Å². The van der Waals surface area contributed by atoms with E-state index in [1.54, 1.807) is 11.3 Å². The van der Waals surface area contributed by atoms with Crippen LogP contribution in [-0.4, -0.2) is 24.9 Å². The molecule has 0 saturated heterocycles. The third-order valence-corrected chi connectivity index (χ3v) is 6.66. The maximum atomic E-state index is 12.5. The molecule has 2 heterocycles. The fourth-order valence-corrected chi connectivity index (χ4v) is 4.71. The number of hydrogen-bond acceptors (Lipinski definition) is 4. The second-order valence-electron chi connectivity index (χ2n) is 7.51. The Bertz CT molecular complexity index is 1060. The largest absolute Gasteiger partial charge is 0.361 e. The lowest BCUT2D eigenvalue weighted by atomic mass is 10.1. The quantitative estimate of drug-likeness (QED) is 0.609. The Morgan fingerprint density at radius 2 is 1.87 bits per heavy atom. The monoisotopic (exact) mass is 419 g/mol. The van der Waals surface area contributed by atoms with Crippen LogP contribution in [0.5, 0.6) is 0 Å². The summed E-state index contributed by atoms with van der Waals surface area (Å²) in [5.74, 6) is -1.26. The number of carbonyl (C=O) groups excluding carboxylic acids is 2. The normalized spacial score (nSPS) is 13.6. The van der Waals surface area contributed by atoms with E-state index in [4.69, 9.17) is 0 Å². The summed E-state index contributed by atoms with van der Waals surface area (Å²) < 4.78 is 0. The van der Waals surface area contributed by atoms with Crippen LogP contribution < -0.4 is 15.5 Å². The molecule has 0 saturated carbocycles. The number of aryl methyl sites for hydroxylation is 1. The van der Waals surface area contributed by atoms with Gasteiger partial charge < -0.3 is 15.5 Å². The highest BCUT2D eigenvalue weighted by Crippen LogP contribution is 2.36. The number of nitrogens with one attached hydrogen (secondary N) is 2. The standard InChI is InChI=1S/C24H25N3O2S/c1-16-7-5-9-19(17(16)2)26-24(29)23(28)25-15-21(22-11-6-14-30-22)27-13-12-18-8-3-4-10-20(18)27/h3-11,14,21H,12-13,15H2,1-2H3,(H,25,28)(H,26,29). The SMILES string of the molecule is Cc1cccc(NC(=O)C(=O)NCC(c2cccs2)N2CCc3ccccc32)c1C. The third-order valence-electron chi connectivity index (χ3n) is 5.69. The molecule has 154 valence electrons. The summed E-state index contributed by atoms with van der Waals surface area (Å²) in [6.07, 6.45) is 0.985. The van der Waals surface area contributed by atoms with Gasteiger partial charge in [0.2, 0.25) is 0 Å². The topological polar surface area (TPSA) is 61.4 Å². The molecule has 0 aliphatic carbocycles. The van der Waals surface area contributed by atoms with Crippen LogP contribution in [0.2, 0.25) is 0 Å². The van der Waals surface area contributed by atoms with Crippen molar-refractivity contribution in [1.29, 1.82) is 0 Å². The van der Waals surface area contributed by atoms with E-state index < -0.39 is 11.8 Å². The first-order valence-corrected chi connectivity index (χ1v) is 11.0. The lowest BCUT2D eigenvalue weighted by molar-refractivity contribution is -0.136. The van der Waals surface area contributed by atoms with Crippen molar-refractivity contribution in [3.63, 3.8) is 0 Å². The van der Waals surface area contributed by atoms with Crippen LogP contribution in [0, 0.1) is 13.8 Å². The van der Waals surface area contributed by atoms with Crippen molar-refractivity contribution in [3.05, 3.63) is 81.5 Å². The van der Waals surface area contributed by atoms with Gasteiger partial charge in [0.05, 0.1) is 6.04 Å². The summed E-state index contributed by atoms with van der Waals surface area (Å²) in [6, 6.07) is 18.1. The van der Waals surface area contributed by atoms with Gasteiger partial charge in [-0.05, 0) is 60.5 Å². The molecule has 0 fully saturated rings. The van der Waals surface area contributed by atoms with Crippen molar-refractivity contribution >= 4 is 34.5 Å². The highest BCUT2D eigenvalue weighted by atomic mass is 32.1. The van der Waals surface area contributed by atoms with Gasteiger partial charge in [0, 0.05) is 29.3 Å². The number of benzene rings is 2. The number of amides is 2. The maximum Gasteiger partial charge on any atom is 0.313 e. The molecule has 3 aromatic rings. The molecule has 2 aromatic carbocycles. The molecular formula is C24H25N3O2S. The van der Waals surface area contributed by atoms with Gasteiger partial charge in [-0.1, -0.05) is 36.4 Å². The molecule has 0 bridgehead atoms. The Morgan fingerprint density at radius 3 is 2.67 bits per heavy atom. The van der Waals surface area contributed by atoms with Crippen molar-refractivity contribution in [1.82, 2.24) is 5.32 Å². The van der Waals surface area contributed by atoms with Crippen LogP contribution in [0.15, 0.2) is 60.0 Å². The molecular weight excluding hydrogens is 394 g/mol. The first-order valence-electron chi connectivity index (χ1n) is 10.1. The number of nitrogens with zero attached hydrogens (tertiary/aromatic N) is 1. The second-order valence-corrected chi connectivity index (χ2v) is 8.49. The van der Waals surface area contributed by atoms with Crippen molar-refractivity contribution < 1.29 is 9.59 Å². The Hall–Kier alpha value is -3.12. The number of rotatable bonds is 5. The van der Waals surface area contributed by atoms with Crippen LogP contribution >= 0.6 is 11.3 Å². The number of anilines is 2. The maximum absolute atomic E-state index is 12.5. The van der Waals surface area contributed by atoms with Gasteiger partial charge in [-0.2, -0.15) is 0 Å². The highest BCUT2D eigenvalue weighted by molar-refractivity contribution is 7.10. The third kappa shape index (κ3) is 4.09. The predicted octanol–water partition coefficient (Wildman–Crippen LogP) is 4.22. The molecule has 1 atom stereocenters. The molecule has 1 aromatic heterocycles. The van der Waals surface area contributed by atoms with Crippen LogP contribution in [-0.2, 0) is 16.0 Å². The minimum absolute atomic E-state index is 0.00824. The minimum Gasteiger partial charge on any atom is -0.361 e. The van der Waals surface area contributed by atoms with E-state index in [0.717, 1.165) is 24.1 Å². The molecule has 4 rings (SSSR count). The van der Waals surface area contributed by atoms with E-state index in [1.807, 2.05) is 49.6 Å². The molecule has 2 amide bonds. The summed E-state index contributed by atoms with van der Waals surface area (Å²) in [7, 11) is 0. The molecule has 1 aliphatic rings. The summed E-state index contributed by atoms with van der Waals surface area (Å²) >= 11 is 1.67. The minimum atomic E-state index is -0.643. The van der Waals surface area contributed by atoms with E-state index in [2.05, 4.69) is 39.8 Å². The van der Waals surface area contributed by atoms with E-state index in [9.17, 15) is 9.59 Å². The molecule has 0 radical (unpaired) electrons. The van der Waals surface area contributed by atoms with Crippen LogP contribution in [0.4, 0.5) is 11.4 Å². The second kappa shape index (κ2) is 8.71. The Morgan fingerprint density at radius 1 is 1.03 bits per heavy atom. The first-order chi connectivity index (χ1) is 14.5. The number of thiophene rings is 1. The zero-order valence-corrected chi connectivity index (χ0v) is 18.0. The summed E-state index contributed by atoms with van der Waals surface area (Å²) in [5.41, 5.74) is 5.21. The number of para-hydroxylation sites is 1. The van der Waals surface area contributed by atoms with Gasteiger partial charge in [0.15, 0.2) is 0 Å². The van der Waals surface area contributed by atoms with Gasteiger partial charge in [-0.15, -0.1) is 11.3 Å². The summed E-state index contributed by atoms with van der Waals surface area (Å²) in [6.45, 7) is 5.17. The number of fused-ring (bicyclic) bond motifs is 1. The van der Waals surface area contributed by atoms with Crippen molar-refractivity contribution in [3.8, 4) is 0 Å². The number of carbonyl (C=O) groups is 2. The van der Waals surface area contributed by atoms with Gasteiger partial charge in [-0.25, -0.2) is 0 Å². The van der Waals surface area contributed by atoms with Gasteiger partial charge in [0.1, 0.15) is 0 Å². The van der Waals surface area contributed by atoms with Gasteiger partial charge in [0.25, 0.3) is 0 Å². The Balaban J connectivity index is 1.46. The lowest BCUT2D eigenvalue weighted by Crippen LogP contribution is -2.41. The van der Waals surface area contributed by atoms with E-state index in [0.29, 0.717) is 12.2 Å². The first kappa shape index (κ1) is 20.2. The molecule has 2 N–H and O–H groups in total. The molecule has 1 unspecified atom stereocenters. The summed E-state index contributed by atoms with van der Waals surface area (Å²) in [4.78, 5) is 28.5. The Kier molecular flexibility index (Phi) is 5.86. The zero-order chi connectivity index (χ0) is 21.1. The Labute approximate surface area is 180 Å². The van der Waals surface area contributed by atoms with Crippen molar-refractivity contribution in [2.75, 3.05) is 23.3 Å². The smallest absolute Gasteiger partial charge is 0.313 e. The molecule has 0 spiro atoms. The fraction of sp³-hybridized carbons (Fsp3) is 0.250. The fourth-order valence-electron chi connectivity index (χ4n) is 3.87. The van der Waals surface area contributed by atoms with Crippen LogP contribution in [0.25, 0.3) is 0 Å². The highest BCUT2D eigenvalue weighted by Gasteiger charge is 2.28. The molecule has 1 aliphatic heterocycles. The van der Waals surface area contributed by atoms with Crippen LogP contribution in [0.1, 0.15) is 27.6 Å². The van der Waals surface area contributed by atoms with Crippen molar-refractivity contribution in [2.45, 2.75) is 26.3 Å².